The molecule has 1 amide bonds. The van der Waals surface area contributed by atoms with Crippen LogP contribution in [0.1, 0.15) is 41.0 Å². The molecule has 3 heterocycles. The van der Waals surface area contributed by atoms with Gasteiger partial charge < -0.3 is 15.0 Å². The molecule has 0 saturated carbocycles. The van der Waals surface area contributed by atoms with Crippen LogP contribution in [-0.2, 0) is 25.9 Å². The molecule has 1 N–H and O–H groups in total. The molecule has 2 aliphatic rings. The first-order valence-corrected chi connectivity index (χ1v) is 10.4. The van der Waals surface area contributed by atoms with E-state index in [1.165, 1.54) is 0 Å². The van der Waals surface area contributed by atoms with Gasteiger partial charge in [-0.2, -0.15) is 5.10 Å². The van der Waals surface area contributed by atoms with E-state index in [1.54, 1.807) is 9.25 Å². The van der Waals surface area contributed by atoms with Crippen molar-refractivity contribution < 1.29 is 9.53 Å². The van der Waals surface area contributed by atoms with Gasteiger partial charge in [0.25, 0.3) is 5.91 Å². The number of fused-ring (bicyclic) bond motifs is 2. The maximum Gasteiger partial charge on any atom is 0.345 e. The highest BCUT2D eigenvalue weighted by Crippen LogP contribution is 2.25. The lowest BCUT2D eigenvalue weighted by molar-refractivity contribution is 0.0932. The molecular weight excluding hydrogens is 370 g/mol. The third kappa shape index (κ3) is 4.37. The normalized spacial score (nSPS) is 18.5. The molecule has 156 valence electrons. The van der Waals surface area contributed by atoms with Crippen molar-refractivity contribution in [3.63, 3.8) is 0 Å². The molecule has 1 aromatic heterocycles. The Hall–Kier alpha value is -2.61. The lowest BCUT2D eigenvalue weighted by atomic mass is 10.0. The number of aryl methyl sites for hydroxylation is 2. The van der Waals surface area contributed by atoms with Gasteiger partial charge in [0.1, 0.15) is 11.6 Å². The van der Waals surface area contributed by atoms with Crippen LogP contribution in [0.15, 0.2) is 23.0 Å². The van der Waals surface area contributed by atoms with Gasteiger partial charge in [-0.1, -0.05) is 0 Å². The molecule has 0 saturated heterocycles. The maximum atomic E-state index is 12.7. The minimum Gasteiger partial charge on any atom is -0.493 e. The number of ether oxygens (including phenoxy) is 1. The Labute approximate surface area is 170 Å². The molecule has 1 aromatic carbocycles. The number of nitrogens with one attached hydrogen (secondary N) is 1. The van der Waals surface area contributed by atoms with Gasteiger partial charge in [-0.25, -0.2) is 9.48 Å². The van der Waals surface area contributed by atoms with Crippen molar-refractivity contribution in [2.45, 2.75) is 51.2 Å². The highest BCUT2D eigenvalue weighted by Gasteiger charge is 2.23. The van der Waals surface area contributed by atoms with Gasteiger partial charge in [0.2, 0.25) is 0 Å². The summed E-state index contributed by atoms with van der Waals surface area (Å²) in [6, 6.07) is 5.69. The maximum absolute atomic E-state index is 12.7. The number of benzene rings is 1. The Balaban J connectivity index is 1.39. The predicted octanol–water partition coefficient (Wildman–Crippen LogP) is 1.07. The number of amides is 1. The molecule has 29 heavy (non-hydrogen) atoms. The second-order valence-electron chi connectivity index (χ2n) is 8.15. The van der Waals surface area contributed by atoms with E-state index >= 15 is 0 Å². The number of aromatic nitrogens is 3. The minimum atomic E-state index is -0.0636. The summed E-state index contributed by atoms with van der Waals surface area (Å²) < 4.78 is 8.95. The molecule has 8 heteroatoms. The summed E-state index contributed by atoms with van der Waals surface area (Å²) >= 11 is 0. The monoisotopic (exact) mass is 399 g/mol. The Kier molecular flexibility index (Phi) is 5.71. The SMILES string of the molecule is CN(C)CCn1nc2n(c1=O)CCC(NC(=O)c1ccc3c(c1)CCCO3)CC2. The highest BCUT2D eigenvalue weighted by atomic mass is 16.5. The van der Waals surface area contributed by atoms with Crippen LogP contribution in [0.3, 0.4) is 0 Å². The Morgan fingerprint density at radius 1 is 1.31 bits per heavy atom. The van der Waals surface area contributed by atoms with Crippen LogP contribution >= 0.6 is 0 Å². The largest absolute Gasteiger partial charge is 0.493 e. The second-order valence-corrected chi connectivity index (χ2v) is 8.15. The molecule has 2 aliphatic heterocycles. The fourth-order valence-corrected chi connectivity index (χ4v) is 3.98. The number of carbonyl (C=O) groups excluding carboxylic acids is 1. The first-order valence-electron chi connectivity index (χ1n) is 10.4. The number of rotatable bonds is 5. The van der Waals surface area contributed by atoms with Gasteiger partial charge in [-0.15, -0.1) is 0 Å². The summed E-state index contributed by atoms with van der Waals surface area (Å²) in [5.74, 6) is 1.64. The summed E-state index contributed by atoms with van der Waals surface area (Å²) in [6.07, 6.45) is 4.13. The Bertz CT molecular complexity index is 946. The van der Waals surface area contributed by atoms with Crippen molar-refractivity contribution in [2.24, 2.45) is 0 Å². The molecule has 0 aliphatic carbocycles. The van der Waals surface area contributed by atoms with Crippen LogP contribution in [0, 0.1) is 0 Å². The summed E-state index contributed by atoms with van der Waals surface area (Å²) in [7, 11) is 3.96. The molecule has 1 unspecified atom stereocenters. The fourth-order valence-electron chi connectivity index (χ4n) is 3.98. The minimum absolute atomic E-state index is 0.0334. The summed E-state index contributed by atoms with van der Waals surface area (Å²) in [4.78, 5) is 27.4. The van der Waals surface area contributed by atoms with Gasteiger partial charge in [-0.05, 0) is 63.5 Å². The third-order valence-corrected chi connectivity index (χ3v) is 5.68. The van der Waals surface area contributed by atoms with E-state index in [9.17, 15) is 9.59 Å². The van der Waals surface area contributed by atoms with Crippen LogP contribution in [0.5, 0.6) is 5.75 Å². The molecule has 0 bridgehead atoms. The summed E-state index contributed by atoms with van der Waals surface area (Å²) in [6.45, 7) is 2.69. The zero-order valence-electron chi connectivity index (χ0n) is 17.2. The van der Waals surface area contributed by atoms with Crippen LogP contribution in [0.4, 0.5) is 0 Å². The van der Waals surface area contributed by atoms with Gasteiger partial charge in [0.15, 0.2) is 0 Å². The molecule has 0 spiro atoms. The molecule has 2 aromatic rings. The van der Waals surface area contributed by atoms with E-state index in [0.717, 1.165) is 56.0 Å². The average molecular weight is 399 g/mol. The van der Waals surface area contributed by atoms with Crippen molar-refractivity contribution >= 4 is 5.91 Å². The smallest absolute Gasteiger partial charge is 0.345 e. The number of nitrogens with zero attached hydrogens (tertiary/aromatic N) is 4. The fraction of sp³-hybridized carbons (Fsp3) is 0.571. The van der Waals surface area contributed by atoms with E-state index in [2.05, 4.69) is 10.4 Å². The van der Waals surface area contributed by atoms with E-state index in [-0.39, 0.29) is 17.6 Å². The standard InChI is InChI=1S/C21H29N5O3/c1-24(2)11-12-26-21(28)25-10-9-17(6-8-19(25)23-26)22-20(27)16-5-7-18-15(14-16)4-3-13-29-18/h5,7,14,17H,3-4,6,8-13H2,1-2H3,(H,22,27). The summed E-state index contributed by atoms with van der Waals surface area (Å²) in [5.41, 5.74) is 1.72. The average Bonchev–Trinajstić information content (AvgIpc) is 2.88. The van der Waals surface area contributed by atoms with Gasteiger partial charge in [-0.3, -0.25) is 9.36 Å². The molecule has 0 radical (unpaired) electrons. The Morgan fingerprint density at radius 2 is 2.17 bits per heavy atom. The highest BCUT2D eigenvalue weighted by molar-refractivity contribution is 5.94. The van der Waals surface area contributed by atoms with E-state index in [4.69, 9.17) is 4.74 Å². The zero-order valence-corrected chi connectivity index (χ0v) is 17.2. The van der Waals surface area contributed by atoms with Crippen molar-refractivity contribution in [1.29, 1.82) is 0 Å². The van der Waals surface area contributed by atoms with Crippen LogP contribution in [-0.4, -0.2) is 58.4 Å². The number of likely N-dealkylation sites (N-methyl/N-ethyl adjacent to an activating group) is 1. The number of carbonyl (C=O) groups is 1. The topological polar surface area (TPSA) is 81.4 Å². The van der Waals surface area contributed by atoms with Crippen LogP contribution < -0.4 is 15.7 Å². The van der Waals surface area contributed by atoms with E-state index < -0.39 is 0 Å². The quantitative estimate of drug-likeness (QED) is 0.813. The number of hydrogen-bond acceptors (Lipinski definition) is 5. The molecule has 4 rings (SSSR count). The van der Waals surface area contributed by atoms with E-state index in [0.29, 0.717) is 25.1 Å². The predicted molar refractivity (Wildman–Crippen MR) is 109 cm³/mol. The Morgan fingerprint density at radius 3 is 3.00 bits per heavy atom. The first kappa shape index (κ1) is 19.7. The lowest BCUT2D eigenvalue weighted by Crippen LogP contribution is -2.36. The van der Waals surface area contributed by atoms with Crippen LogP contribution in [0.25, 0.3) is 0 Å². The van der Waals surface area contributed by atoms with Crippen molar-refractivity contribution in [1.82, 2.24) is 24.6 Å². The second kappa shape index (κ2) is 8.41. The van der Waals surface area contributed by atoms with Crippen molar-refractivity contribution in [3.05, 3.63) is 45.6 Å². The first-order chi connectivity index (χ1) is 14.0. The van der Waals surface area contributed by atoms with Crippen LogP contribution in [0.2, 0.25) is 0 Å². The number of hydrogen-bond donors (Lipinski definition) is 1. The molecule has 0 fully saturated rings. The lowest BCUT2D eigenvalue weighted by Gasteiger charge is -2.19. The molecule has 8 nitrogen and oxygen atoms in total. The molecule has 1 atom stereocenters. The van der Waals surface area contributed by atoms with Crippen molar-refractivity contribution in [3.8, 4) is 5.75 Å². The van der Waals surface area contributed by atoms with E-state index in [1.807, 2.05) is 37.2 Å². The van der Waals surface area contributed by atoms with Gasteiger partial charge >= 0.3 is 5.69 Å². The molecular formula is C21H29N5O3. The third-order valence-electron chi connectivity index (χ3n) is 5.68. The van der Waals surface area contributed by atoms with Gasteiger partial charge in [0.05, 0.1) is 13.2 Å². The van der Waals surface area contributed by atoms with Crippen molar-refractivity contribution in [2.75, 3.05) is 27.2 Å². The summed E-state index contributed by atoms with van der Waals surface area (Å²) in [5, 5.41) is 7.66. The zero-order chi connectivity index (χ0) is 20.4. The van der Waals surface area contributed by atoms with Gasteiger partial charge in [0, 0.05) is 31.1 Å².